The minimum absolute atomic E-state index is 0.677. The third-order valence-electron chi connectivity index (χ3n) is 2.09. The Hall–Kier alpha value is -0.420. The van der Waals surface area contributed by atoms with Gasteiger partial charge in [0.2, 0.25) is 0 Å². The predicted octanol–water partition coefficient (Wildman–Crippen LogP) is -5.20. The van der Waals surface area contributed by atoms with Crippen LogP contribution in [-0.2, 0) is 20.6 Å². The molecule has 0 spiro atoms. The Morgan fingerprint density at radius 3 is 0.944 bits per heavy atom. The predicted molar refractivity (Wildman–Crippen MR) is 47.1 cm³/mol. The minimum atomic E-state index is -5.52. The number of hydrogen-bond donors (Lipinski definition) is 4. The normalized spacial score (nSPS) is 36.8. The van der Waals surface area contributed by atoms with Crippen LogP contribution in [0.5, 0.6) is 0 Å². The lowest BCUT2D eigenvalue weighted by Gasteiger charge is -2.48. The molecule has 1 aliphatic rings. The highest BCUT2D eigenvalue weighted by atomic mass is 32.2. The van der Waals surface area contributed by atoms with Crippen LogP contribution >= 0.6 is 0 Å². The summed E-state index contributed by atoms with van der Waals surface area (Å²) in [6, 6.07) is 0. The first-order chi connectivity index (χ1) is 7.89. The van der Waals surface area contributed by atoms with Gasteiger partial charge in [0.05, 0.1) is 0 Å². The van der Waals surface area contributed by atoms with Gasteiger partial charge in [-0.2, -0.15) is 0 Å². The average molecular weight is 308 g/mol. The van der Waals surface area contributed by atoms with Crippen LogP contribution in [-0.4, -0.2) is 79.9 Å². The fourth-order valence-electron chi connectivity index (χ4n) is 1.37. The maximum absolute atomic E-state index is 10.6. The fourth-order valence-corrected chi connectivity index (χ4v) is 2.86. The quantitative estimate of drug-likeness (QED) is 0.357. The average Bonchev–Trinajstić information content (AvgIpc) is 2.10. The molecule has 4 unspecified atom stereocenters. The molecule has 0 radical (unpaired) electrons. The van der Waals surface area contributed by atoms with E-state index in [1.807, 2.05) is 0 Å². The summed E-state index contributed by atoms with van der Waals surface area (Å²) < 4.78 is 62.5. The maximum atomic E-state index is 10.6. The van der Waals surface area contributed by atoms with E-state index in [1.54, 1.807) is 0 Å². The van der Waals surface area contributed by atoms with E-state index in [0.29, 0.717) is 0 Å². The molecule has 1 saturated heterocycles. The molecule has 0 bridgehead atoms. The van der Waals surface area contributed by atoms with Crippen molar-refractivity contribution in [2.24, 2.45) is 0 Å². The monoisotopic (exact) mass is 308 g/mol. The lowest BCUT2D eigenvalue weighted by atomic mass is 10.3. The number of aliphatic hydroxyl groups is 4. The largest absolute Gasteiger partial charge is 0.735 e. The van der Waals surface area contributed by atoms with Crippen LogP contribution in [0.25, 0.3) is 0 Å². The van der Waals surface area contributed by atoms with Crippen LogP contribution in [0, 0.1) is 0 Å². The fraction of sp³-hybridized carbons (Fsp3) is 1.00. The van der Waals surface area contributed by atoms with Gasteiger partial charge >= 0.3 is 0 Å². The summed E-state index contributed by atoms with van der Waals surface area (Å²) in [6.07, 6.45) is -11.0. The molecule has 0 aliphatic carbocycles. The first-order valence-electron chi connectivity index (χ1n) is 4.10. The SMILES string of the molecule is O=S(=O)([O-])N1C(O)C(O)N(S(=O)(=O)[O-])C(O)C1O. The van der Waals surface area contributed by atoms with Crippen LogP contribution in [0.2, 0.25) is 0 Å². The van der Waals surface area contributed by atoms with Crippen molar-refractivity contribution in [1.82, 2.24) is 8.61 Å². The van der Waals surface area contributed by atoms with E-state index < -0.39 is 54.1 Å². The van der Waals surface area contributed by atoms with Gasteiger partial charge < -0.3 is 29.5 Å². The van der Waals surface area contributed by atoms with Crippen molar-refractivity contribution in [2.45, 2.75) is 24.9 Å². The van der Waals surface area contributed by atoms with Crippen molar-refractivity contribution in [3.8, 4) is 0 Å². The minimum Gasteiger partial charge on any atom is -0.735 e. The molecule has 1 aliphatic heterocycles. The summed E-state index contributed by atoms with van der Waals surface area (Å²) >= 11 is 0. The van der Waals surface area contributed by atoms with Gasteiger partial charge in [-0.15, -0.1) is 8.61 Å². The first-order valence-corrected chi connectivity index (χ1v) is 6.83. The molecule has 1 fully saturated rings. The van der Waals surface area contributed by atoms with Crippen LogP contribution in [0.3, 0.4) is 0 Å². The van der Waals surface area contributed by atoms with Gasteiger partial charge in [0.15, 0.2) is 45.5 Å². The molecule has 0 aromatic rings. The zero-order chi connectivity index (χ0) is 14.5. The van der Waals surface area contributed by atoms with Crippen molar-refractivity contribution < 1.29 is 46.4 Å². The summed E-state index contributed by atoms with van der Waals surface area (Å²) in [6.45, 7) is 0. The number of piperazine rings is 1. The molecule has 12 nitrogen and oxygen atoms in total. The zero-order valence-corrected chi connectivity index (χ0v) is 9.89. The highest BCUT2D eigenvalue weighted by Gasteiger charge is 2.50. The summed E-state index contributed by atoms with van der Waals surface area (Å²) in [7, 11) is -11.0. The third kappa shape index (κ3) is 2.62. The molecule has 4 N–H and O–H groups in total. The van der Waals surface area contributed by atoms with Crippen LogP contribution in [0.4, 0.5) is 0 Å². The molecule has 108 valence electrons. The summed E-state index contributed by atoms with van der Waals surface area (Å²) in [5, 5.41) is 36.7. The van der Waals surface area contributed by atoms with Crippen molar-refractivity contribution in [3.63, 3.8) is 0 Å². The van der Waals surface area contributed by atoms with E-state index in [2.05, 4.69) is 0 Å². The third-order valence-corrected chi connectivity index (χ3v) is 3.99. The molecule has 18 heavy (non-hydrogen) atoms. The molecular formula is C4H8N2O10S2-2. The second kappa shape index (κ2) is 4.60. The number of nitrogens with zero attached hydrogens (tertiary/aromatic N) is 2. The topological polar surface area (TPSA) is 202 Å². The van der Waals surface area contributed by atoms with Gasteiger partial charge in [-0.25, -0.2) is 16.8 Å². The van der Waals surface area contributed by atoms with E-state index in [9.17, 15) is 46.4 Å². The van der Waals surface area contributed by atoms with Crippen molar-refractivity contribution in [2.75, 3.05) is 0 Å². The van der Waals surface area contributed by atoms with Gasteiger partial charge in [0, 0.05) is 0 Å². The maximum Gasteiger partial charge on any atom is 0.166 e. The summed E-state index contributed by atoms with van der Waals surface area (Å²) in [5.41, 5.74) is 0. The van der Waals surface area contributed by atoms with Crippen molar-refractivity contribution in [3.05, 3.63) is 0 Å². The van der Waals surface area contributed by atoms with E-state index >= 15 is 0 Å². The lowest BCUT2D eigenvalue weighted by molar-refractivity contribution is -0.247. The smallest absolute Gasteiger partial charge is 0.166 e. The van der Waals surface area contributed by atoms with Crippen LogP contribution in [0.1, 0.15) is 0 Å². The van der Waals surface area contributed by atoms with Gasteiger partial charge in [-0.05, 0) is 0 Å². The van der Waals surface area contributed by atoms with Gasteiger partial charge in [-0.3, -0.25) is 0 Å². The Morgan fingerprint density at radius 1 is 0.667 bits per heavy atom. The standard InChI is InChI=1S/C4H10N2O10S2/c7-1-2(8)6(18(14,15)16)4(10)3(9)5(1)17(11,12)13/h1-4,7-10H,(H,11,12,13)(H,14,15,16)/p-2. The number of hydrogen-bond acceptors (Lipinski definition) is 10. The molecule has 0 aromatic heterocycles. The van der Waals surface area contributed by atoms with Crippen molar-refractivity contribution >= 4 is 20.6 Å². The van der Waals surface area contributed by atoms with Gasteiger partial charge in [0.1, 0.15) is 0 Å². The number of aliphatic hydroxyl groups excluding tert-OH is 4. The Morgan fingerprint density at radius 2 is 0.833 bits per heavy atom. The van der Waals surface area contributed by atoms with Gasteiger partial charge in [0.25, 0.3) is 0 Å². The number of rotatable bonds is 2. The molecule has 0 aromatic carbocycles. The highest BCUT2D eigenvalue weighted by molar-refractivity contribution is 7.83. The second-order valence-electron chi connectivity index (χ2n) is 3.23. The molecule has 0 saturated carbocycles. The summed E-state index contributed by atoms with van der Waals surface area (Å²) in [5.74, 6) is 0. The molecule has 1 rings (SSSR count). The molecule has 0 amide bonds. The van der Waals surface area contributed by atoms with E-state index in [-0.39, 0.29) is 0 Å². The second-order valence-corrected chi connectivity index (χ2v) is 5.78. The zero-order valence-electron chi connectivity index (χ0n) is 8.26. The van der Waals surface area contributed by atoms with Crippen LogP contribution in [0.15, 0.2) is 0 Å². The van der Waals surface area contributed by atoms with Crippen LogP contribution < -0.4 is 0 Å². The van der Waals surface area contributed by atoms with E-state index in [4.69, 9.17) is 0 Å². The Balaban J connectivity index is 3.28. The first kappa shape index (κ1) is 15.6. The summed E-state index contributed by atoms with van der Waals surface area (Å²) in [4.78, 5) is 0. The highest BCUT2D eigenvalue weighted by Crippen LogP contribution is 2.26. The Kier molecular flexibility index (Phi) is 4.00. The Bertz CT molecular complexity index is 450. The van der Waals surface area contributed by atoms with Gasteiger partial charge in [-0.1, -0.05) is 0 Å². The molecule has 1 heterocycles. The van der Waals surface area contributed by atoms with E-state index in [1.165, 1.54) is 0 Å². The Labute approximate surface area is 101 Å². The molecule has 14 heteroatoms. The molecular weight excluding hydrogens is 300 g/mol. The lowest BCUT2D eigenvalue weighted by Crippen LogP contribution is -2.70. The van der Waals surface area contributed by atoms with E-state index in [0.717, 1.165) is 0 Å². The van der Waals surface area contributed by atoms with Crippen molar-refractivity contribution in [1.29, 1.82) is 0 Å². The molecule has 4 atom stereocenters.